The van der Waals surface area contributed by atoms with Crippen molar-refractivity contribution in [2.24, 2.45) is 12.2 Å². The number of β-lactam (4-membered cyclic amide) rings is 1. The van der Waals surface area contributed by atoms with Crippen LogP contribution in [0.3, 0.4) is 0 Å². The number of hydrogen-bond acceptors (Lipinski definition) is 12. The third kappa shape index (κ3) is 4.87. The smallest absolute Gasteiger partial charge is 0.352 e. The summed E-state index contributed by atoms with van der Waals surface area (Å²) in [5.41, 5.74) is 0.587. The summed E-state index contributed by atoms with van der Waals surface area (Å²) in [5, 5.41) is 29.6. The van der Waals surface area contributed by atoms with E-state index in [2.05, 4.69) is 36.3 Å². The first kappa shape index (κ1) is 25.1. The summed E-state index contributed by atoms with van der Waals surface area (Å²) < 4.78 is 1.46. The molecular weight excluding hydrogens is 514 g/mol. The number of carbonyl (C=O) groups is 4. The van der Waals surface area contributed by atoms with Crippen molar-refractivity contribution in [1.29, 1.82) is 0 Å². The van der Waals surface area contributed by atoms with Crippen molar-refractivity contribution in [3.05, 3.63) is 35.2 Å². The molecule has 0 saturated carbocycles. The number of anilines is 1. The number of carbonyl (C=O) groups excluding carboxylic acids is 3. The minimum Gasteiger partial charge on any atom is -0.477 e. The van der Waals surface area contributed by atoms with Gasteiger partial charge in [0.15, 0.2) is 5.71 Å². The molecule has 36 heavy (non-hydrogen) atoms. The van der Waals surface area contributed by atoms with Crippen LogP contribution in [0, 0.1) is 0 Å². The van der Waals surface area contributed by atoms with E-state index < -0.39 is 29.2 Å². The zero-order valence-corrected chi connectivity index (χ0v) is 20.4. The molecule has 3 amide bonds. The summed E-state index contributed by atoms with van der Waals surface area (Å²) in [5.74, 6) is -1.60. The molecule has 2 aromatic heterocycles. The van der Waals surface area contributed by atoms with E-state index in [4.69, 9.17) is 4.84 Å². The standard InChI is InChI=1S/C19H19N9O6S2/c1-27-19(23-25-26-27)36-7-10-6-35-17-13(16(31)28(17)14(10)18(32)33)22-15(30)12(24-34-2)9-3-4-11(20-5-9)21-8-29/h3-5,8,13,17H,6-7H2,1-2H3,(H,22,30)(H,32,33)(H,20,21,29)/t13?,17-/m1/s1. The van der Waals surface area contributed by atoms with Crippen LogP contribution in [0.4, 0.5) is 5.82 Å². The van der Waals surface area contributed by atoms with Gasteiger partial charge in [-0.1, -0.05) is 16.9 Å². The summed E-state index contributed by atoms with van der Waals surface area (Å²) in [6.45, 7) is 0. The highest BCUT2D eigenvalue weighted by Gasteiger charge is 2.54. The fourth-order valence-electron chi connectivity index (χ4n) is 3.50. The molecule has 2 atom stereocenters. The number of tetrazole rings is 1. The molecule has 1 fully saturated rings. The van der Waals surface area contributed by atoms with E-state index in [1.807, 2.05) is 0 Å². The Hall–Kier alpha value is -3.99. The highest BCUT2D eigenvalue weighted by molar-refractivity contribution is 8.01. The summed E-state index contributed by atoms with van der Waals surface area (Å²) in [6.07, 6.45) is 1.78. The van der Waals surface area contributed by atoms with Crippen molar-refractivity contribution in [1.82, 2.24) is 35.4 Å². The van der Waals surface area contributed by atoms with Crippen LogP contribution in [0.2, 0.25) is 0 Å². The Labute approximate surface area is 211 Å². The zero-order chi connectivity index (χ0) is 25.8. The Morgan fingerprint density at radius 3 is 2.83 bits per heavy atom. The third-order valence-corrected chi connectivity index (χ3v) is 7.57. The number of nitrogens with one attached hydrogen (secondary N) is 2. The second-order valence-electron chi connectivity index (χ2n) is 7.31. The van der Waals surface area contributed by atoms with Gasteiger partial charge in [-0.05, 0) is 28.1 Å². The highest BCUT2D eigenvalue weighted by atomic mass is 32.2. The number of thioether (sulfide) groups is 2. The van der Waals surface area contributed by atoms with E-state index >= 15 is 0 Å². The van der Waals surface area contributed by atoms with Gasteiger partial charge < -0.3 is 20.6 Å². The summed E-state index contributed by atoms with van der Waals surface area (Å²) >= 11 is 2.60. The van der Waals surface area contributed by atoms with Gasteiger partial charge in [-0.25, -0.2) is 14.5 Å². The molecule has 0 bridgehead atoms. The fourth-order valence-corrected chi connectivity index (χ4v) is 5.83. The zero-order valence-electron chi connectivity index (χ0n) is 18.8. The van der Waals surface area contributed by atoms with Gasteiger partial charge in [0.25, 0.3) is 11.8 Å². The topological polar surface area (TPSA) is 194 Å². The Kier molecular flexibility index (Phi) is 7.49. The van der Waals surface area contributed by atoms with Gasteiger partial charge in [0.05, 0.1) is 0 Å². The minimum absolute atomic E-state index is 0.106. The molecule has 17 heteroatoms. The molecule has 4 rings (SSSR count). The van der Waals surface area contributed by atoms with Crippen LogP contribution in [0.1, 0.15) is 5.56 Å². The first-order chi connectivity index (χ1) is 17.3. The average Bonchev–Trinajstić information content (AvgIpc) is 3.28. The first-order valence-corrected chi connectivity index (χ1v) is 12.2. The van der Waals surface area contributed by atoms with E-state index in [1.165, 1.54) is 58.5 Å². The lowest BCUT2D eigenvalue weighted by molar-refractivity contribution is -0.150. The maximum Gasteiger partial charge on any atom is 0.352 e. The maximum atomic E-state index is 13.0. The lowest BCUT2D eigenvalue weighted by atomic mass is 10.0. The second-order valence-corrected chi connectivity index (χ2v) is 9.36. The summed E-state index contributed by atoms with van der Waals surface area (Å²) in [7, 11) is 2.93. The van der Waals surface area contributed by atoms with Gasteiger partial charge in [-0.3, -0.25) is 19.3 Å². The van der Waals surface area contributed by atoms with Crippen LogP contribution in [0.5, 0.6) is 0 Å². The van der Waals surface area contributed by atoms with Gasteiger partial charge in [0, 0.05) is 30.3 Å². The number of pyridine rings is 1. The van der Waals surface area contributed by atoms with Crippen LogP contribution >= 0.6 is 23.5 Å². The molecule has 0 aliphatic carbocycles. The minimum atomic E-state index is -1.23. The van der Waals surface area contributed by atoms with E-state index in [0.717, 1.165) is 0 Å². The molecule has 2 aliphatic heterocycles. The van der Waals surface area contributed by atoms with E-state index in [-0.39, 0.29) is 28.5 Å². The number of carboxylic acids is 1. The molecule has 15 nitrogen and oxygen atoms in total. The number of rotatable bonds is 10. The Balaban J connectivity index is 1.48. The van der Waals surface area contributed by atoms with Gasteiger partial charge in [-0.2, -0.15) is 0 Å². The van der Waals surface area contributed by atoms with E-state index in [1.54, 1.807) is 7.05 Å². The lowest BCUT2D eigenvalue weighted by Gasteiger charge is -2.49. The number of oxime groups is 1. The molecule has 1 saturated heterocycles. The van der Waals surface area contributed by atoms with Gasteiger partial charge in [0.2, 0.25) is 11.6 Å². The van der Waals surface area contributed by atoms with Crippen LogP contribution in [-0.2, 0) is 31.1 Å². The molecule has 2 aromatic rings. The van der Waals surface area contributed by atoms with Crippen molar-refractivity contribution >= 4 is 59.2 Å². The van der Waals surface area contributed by atoms with Gasteiger partial charge >= 0.3 is 5.97 Å². The molecular formula is C19H19N9O6S2. The number of nitrogens with zero attached hydrogens (tertiary/aromatic N) is 7. The van der Waals surface area contributed by atoms with Crippen LogP contribution in [0.25, 0.3) is 0 Å². The number of aliphatic carboxylic acids is 1. The lowest BCUT2D eigenvalue weighted by Crippen LogP contribution is -2.71. The number of amides is 3. The van der Waals surface area contributed by atoms with Crippen LogP contribution in [0.15, 0.2) is 39.9 Å². The Morgan fingerprint density at radius 2 is 2.22 bits per heavy atom. The average molecular weight is 534 g/mol. The highest BCUT2D eigenvalue weighted by Crippen LogP contribution is 2.41. The normalized spacial score (nSPS) is 19.3. The fraction of sp³-hybridized carbons (Fsp3) is 0.316. The number of carboxylic acid groups (broad SMARTS) is 1. The molecule has 0 radical (unpaired) electrons. The molecule has 1 unspecified atom stereocenters. The number of hydrogen-bond donors (Lipinski definition) is 3. The second kappa shape index (κ2) is 10.7. The van der Waals surface area contributed by atoms with Crippen molar-refractivity contribution in [2.45, 2.75) is 16.6 Å². The van der Waals surface area contributed by atoms with Crippen LogP contribution in [-0.4, -0.2) is 95.1 Å². The maximum absolute atomic E-state index is 13.0. The molecule has 0 spiro atoms. The first-order valence-electron chi connectivity index (χ1n) is 10.2. The monoisotopic (exact) mass is 533 g/mol. The van der Waals surface area contributed by atoms with Crippen molar-refractivity contribution in [3.63, 3.8) is 0 Å². The largest absolute Gasteiger partial charge is 0.477 e. The number of aryl methyl sites for hydroxylation is 1. The SMILES string of the molecule is CON=C(C(=O)NC1C(=O)N2C(C(=O)O)=C(CSc3nnnn3C)CS[C@H]12)c1ccc(NC=O)nc1. The van der Waals surface area contributed by atoms with Gasteiger partial charge in [-0.15, -0.1) is 16.9 Å². The van der Waals surface area contributed by atoms with Crippen molar-refractivity contribution < 1.29 is 29.1 Å². The molecule has 2 aliphatic rings. The molecule has 188 valence electrons. The quantitative estimate of drug-likeness (QED) is 0.112. The summed E-state index contributed by atoms with van der Waals surface area (Å²) in [6, 6.07) is 2.01. The number of aromatic nitrogens is 5. The predicted octanol–water partition coefficient (Wildman–Crippen LogP) is -0.945. The van der Waals surface area contributed by atoms with Gasteiger partial charge in [0.1, 0.15) is 30.0 Å². The van der Waals surface area contributed by atoms with Crippen LogP contribution < -0.4 is 10.6 Å². The summed E-state index contributed by atoms with van der Waals surface area (Å²) in [4.78, 5) is 58.5. The molecule has 0 aromatic carbocycles. The Bertz CT molecular complexity index is 1260. The number of fused-ring (bicyclic) bond motifs is 1. The van der Waals surface area contributed by atoms with E-state index in [9.17, 15) is 24.3 Å². The molecule has 3 N–H and O–H groups in total. The van der Waals surface area contributed by atoms with E-state index in [0.29, 0.717) is 22.9 Å². The Morgan fingerprint density at radius 1 is 1.42 bits per heavy atom. The van der Waals surface area contributed by atoms with Crippen molar-refractivity contribution in [2.75, 3.05) is 23.9 Å². The predicted molar refractivity (Wildman–Crippen MR) is 127 cm³/mol. The van der Waals surface area contributed by atoms with Crippen molar-refractivity contribution in [3.8, 4) is 0 Å². The third-order valence-electron chi connectivity index (χ3n) is 5.13. The molecule has 4 heterocycles.